The van der Waals surface area contributed by atoms with Gasteiger partial charge in [0.1, 0.15) is 11.9 Å². The number of nitrogens with two attached hydrogens (primary N) is 1. The lowest BCUT2D eigenvalue weighted by atomic mass is 10.1. The molecular formula is C13H17BrFN3O2. The molecule has 1 aliphatic rings. The van der Waals surface area contributed by atoms with Gasteiger partial charge in [0.05, 0.1) is 29.1 Å². The van der Waals surface area contributed by atoms with E-state index in [1.54, 1.807) is 6.07 Å². The van der Waals surface area contributed by atoms with Crippen molar-refractivity contribution in [1.29, 1.82) is 0 Å². The van der Waals surface area contributed by atoms with Crippen LogP contribution in [0.2, 0.25) is 0 Å². The van der Waals surface area contributed by atoms with E-state index in [9.17, 15) is 9.18 Å². The van der Waals surface area contributed by atoms with E-state index in [-0.39, 0.29) is 5.91 Å². The normalized spacial score (nSPS) is 18.9. The first-order valence-electron chi connectivity index (χ1n) is 6.41. The third kappa shape index (κ3) is 3.04. The lowest BCUT2D eigenvalue weighted by molar-refractivity contribution is -0.124. The maximum absolute atomic E-state index is 13.5. The minimum Gasteiger partial charge on any atom is -0.397 e. The smallest absolute Gasteiger partial charge is 0.245 e. The maximum atomic E-state index is 13.5. The van der Waals surface area contributed by atoms with Crippen LogP contribution in [0.5, 0.6) is 0 Å². The van der Waals surface area contributed by atoms with Gasteiger partial charge in [-0.3, -0.25) is 4.79 Å². The molecule has 0 spiro atoms. The summed E-state index contributed by atoms with van der Waals surface area (Å²) in [6, 6.07) is 2.40. The van der Waals surface area contributed by atoms with Gasteiger partial charge in [0, 0.05) is 19.2 Å². The fourth-order valence-electron chi connectivity index (χ4n) is 2.20. The third-order valence-corrected chi connectivity index (χ3v) is 3.77. The number of rotatable bonds is 3. The molecule has 1 heterocycles. The number of anilines is 2. The average Bonchev–Trinajstić information content (AvgIpc) is 2.43. The van der Waals surface area contributed by atoms with Crippen LogP contribution in [0.15, 0.2) is 16.6 Å². The van der Waals surface area contributed by atoms with Crippen molar-refractivity contribution >= 4 is 33.2 Å². The number of ether oxygens (including phenoxy) is 1. The molecule has 1 aromatic carbocycles. The predicted octanol–water partition coefficient (Wildman–Crippen LogP) is 1.51. The summed E-state index contributed by atoms with van der Waals surface area (Å²) in [6.07, 6.45) is 0. The van der Waals surface area contributed by atoms with Crippen molar-refractivity contribution in [2.45, 2.75) is 13.0 Å². The molecule has 1 atom stereocenters. The van der Waals surface area contributed by atoms with E-state index >= 15 is 0 Å². The first-order chi connectivity index (χ1) is 9.54. The molecule has 3 N–H and O–H groups in total. The lowest BCUT2D eigenvalue weighted by Gasteiger charge is -2.37. The molecule has 5 nitrogen and oxygen atoms in total. The van der Waals surface area contributed by atoms with Crippen molar-refractivity contribution in [2.24, 2.45) is 0 Å². The van der Waals surface area contributed by atoms with Gasteiger partial charge >= 0.3 is 0 Å². The fourth-order valence-corrected chi connectivity index (χ4v) is 2.53. The van der Waals surface area contributed by atoms with Crippen LogP contribution < -0.4 is 16.0 Å². The van der Waals surface area contributed by atoms with Crippen molar-refractivity contribution in [1.82, 2.24) is 5.32 Å². The maximum Gasteiger partial charge on any atom is 0.245 e. The highest BCUT2D eigenvalue weighted by Gasteiger charge is 2.30. The second-order valence-electron chi connectivity index (χ2n) is 4.50. The molecule has 110 valence electrons. The van der Waals surface area contributed by atoms with Gasteiger partial charge in [-0.15, -0.1) is 0 Å². The summed E-state index contributed by atoms with van der Waals surface area (Å²) in [5, 5.41) is 2.77. The van der Waals surface area contributed by atoms with Crippen LogP contribution in [-0.4, -0.2) is 38.3 Å². The van der Waals surface area contributed by atoms with Crippen LogP contribution in [0, 0.1) is 5.82 Å². The van der Waals surface area contributed by atoms with Gasteiger partial charge < -0.3 is 20.7 Å². The molecule has 0 aliphatic carbocycles. The predicted molar refractivity (Wildman–Crippen MR) is 79.1 cm³/mol. The van der Waals surface area contributed by atoms with Crippen LogP contribution in [0.25, 0.3) is 0 Å². The summed E-state index contributed by atoms with van der Waals surface area (Å²) >= 11 is 3.15. The third-order valence-electron chi connectivity index (χ3n) is 3.16. The molecule has 0 aromatic heterocycles. The summed E-state index contributed by atoms with van der Waals surface area (Å²) in [7, 11) is 0. The monoisotopic (exact) mass is 345 g/mol. The Kier molecular flexibility index (Phi) is 4.82. The summed E-state index contributed by atoms with van der Waals surface area (Å²) in [5.74, 6) is -0.541. The Morgan fingerprint density at radius 3 is 3.10 bits per heavy atom. The Bertz CT molecular complexity index is 513. The minimum absolute atomic E-state index is 0.118. The molecule has 1 unspecified atom stereocenters. The number of nitrogen functional groups attached to an aromatic ring is 1. The molecule has 20 heavy (non-hydrogen) atoms. The number of benzene rings is 1. The molecule has 0 saturated carbocycles. The number of likely N-dealkylation sites (N-methyl/N-ethyl adjacent to an activating group) is 1. The van der Waals surface area contributed by atoms with Crippen LogP contribution in [0.1, 0.15) is 6.92 Å². The summed E-state index contributed by atoms with van der Waals surface area (Å²) in [6.45, 7) is 3.73. The Hall–Kier alpha value is -1.34. The van der Waals surface area contributed by atoms with Crippen LogP contribution >= 0.6 is 15.9 Å². The van der Waals surface area contributed by atoms with E-state index in [1.165, 1.54) is 6.07 Å². The standard InChI is InChI=1S/C13H17BrFN3O2/c1-2-17-13(19)12-7-20-4-3-18(12)11-5-8(14)9(15)6-10(11)16/h5-6,12H,2-4,7,16H2,1H3,(H,17,19). The van der Waals surface area contributed by atoms with E-state index in [1.807, 2.05) is 11.8 Å². The quantitative estimate of drug-likeness (QED) is 0.815. The number of amides is 1. The van der Waals surface area contributed by atoms with Gasteiger partial charge in [-0.25, -0.2) is 4.39 Å². The Labute approximate surface area is 125 Å². The van der Waals surface area contributed by atoms with Crippen molar-refractivity contribution in [3.05, 3.63) is 22.4 Å². The van der Waals surface area contributed by atoms with E-state index < -0.39 is 11.9 Å². The van der Waals surface area contributed by atoms with Gasteiger partial charge in [-0.1, -0.05) is 0 Å². The number of carbonyl (C=O) groups is 1. The topological polar surface area (TPSA) is 67.6 Å². The highest BCUT2D eigenvalue weighted by atomic mass is 79.9. The second kappa shape index (κ2) is 6.41. The zero-order valence-electron chi connectivity index (χ0n) is 11.2. The van der Waals surface area contributed by atoms with Gasteiger partial charge in [0.25, 0.3) is 0 Å². The average molecular weight is 346 g/mol. The molecule has 0 bridgehead atoms. The van der Waals surface area contributed by atoms with E-state index in [0.29, 0.717) is 42.2 Å². The van der Waals surface area contributed by atoms with E-state index in [0.717, 1.165) is 0 Å². The van der Waals surface area contributed by atoms with Crippen molar-refractivity contribution in [2.75, 3.05) is 36.9 Å². The lowest BCUT2D eigenvalue weighted by Crippen LogP contribution is -2.54. The van der Waals surface area contributed by atoms with Crippen LogP contribution in [0.3, 0.4) is 0 Å². The Morgan fingerprint density at radius 1 is 1.65 bits per heavy atom. The zero-order chi connectivity index (χ0) is 14.7. The molecule has 1 saturated heterocycles. The highest BCUT2D eigenvalue weighted by molar-refractivity contribution is 9.10. The van der Waals surface area contributed by atoms with Crippen LogP contribution in [-0.2, 0) is 9.53 Å². The summed E-state index contributed by atoms with van der Waals surface area (Å²) < 4.78 is 19.1. The molecule has 0 radical (unpaired) electrons. The largest absolute Gasteiger partial charge is 0.397 e. The summed E-state index contributed by atoms with van der Waals surface area (Å²) in [5.41, 5.74) is 6.83. The number of hydrogen-bond acceptors (Lipinski definition) is 4. The second-order valence-corrected chi connectivity index (χ2v) is 5.36. The molecule has 1 aliphatic heterocycles. The molecule has 1 fully saturated rings. The molecule has 2 rings (SSSR count). The summed E-state index contributed by atoms with van der Waals surface area (Å²) in [4.78, 5) is 13.9. The molecule has 1 aromatic rings. The van der Waals surface area contributed by atoms with E-state index in [4.69, 9.17) is 10.5 Å². The van der Waals surface area contributed by atoms with Crippen LogP contribution in [0.4, 0.5) is 15.8 Å². The van der Waals surface area contributed by atoms with Crippen molar-refractivity contribution < 1.29 is 13.9 Å². The zero-order valence-corrected chi connectivity index (χ0v) is 12.7. The van der Waals surface area contributed by atoms with Crippen molar-refractivity contribution in [3.8, 4) is 0 Å². The van der Waals surface area contributed by atoms with Gasteiger partial charge in [-0.05, 0) is 28.9 Å². The molecule has 7 heteroatoms. The Morgan fingerprint density at radius 2 is 2.40 bits per heavy atom. The first kappa shape index (κ1) is 15.1. The fraction of sp³-hybridized carbons (Fsp3) is 0.462. The molecule has 1 amide bonds. The number of morpholine rings is 1. The van der Waals surface area contributed by atoms with E-state index in [2.05, 4.69) is 21.2 Å². The van der Waals surface area contributed by atoms with Gasteiger partial charge in [-0.2, -0.15) is 0 Å². The minimum atomic E-state index is -0.455. The number of nitrogens with zero attached hydrogens (tertiary/aromatic N) is 1. The van der Waals surface area contributed by atoms with Gasteiger partial charge in [0.2, 0.25) is 5.91 Å². The van der Waals surface area contributed by atoms with Crippen molar-refractivity contribution in [3.63, 3.8) is 0 Å². The number of halogens is 2. The molecular weight excluding hydrogens is 329 g/mol. The SMILES string of the molecule is CCNC(=O)C1COCCN1c1cc(Br)c(F)cc1N. The highest BCUT2D eigenvalue weighted by Crippen LogP contribution is 2.31. The van der Waals surface area contributed by atoms with Gasteiger partial charge in [0.15, 0.2) is 0 Å². The Balaban J connectivity index is 2.32. The number of hydrogen-bond donors (Lipinski definition) is 2. The number of carbonyl (C=O) groups excluding carboxylic acids is 1. The number of nitrogens with one attached hydrogen (secondary N) is 1. The first-order valence-corrected chi connectivity index (χ1v) is 7.20.